The standard InChI is InChI=1S/C11H14FNS/c1-14-11-8(3-2-4-10(11)12)7-13-9-5-6-9/h2-4,9,13H,5-7H2,1H3. The van der Waals surface area contributed by atoms with Crippen molar-refractivity contribution >= 4 is 11.8 Å². The van der Waals surface area contributed by atoms with Gasteiger partial charge in [-0.25, -0.2) is 4.39 Å². The van der Waals surface area contributed by atoms with Crippen LogP contribution in [0.1, 0.15) is 18.4 Å². The van der Waals surface area contributed by atoms with E-state index in [-0.39, 0.29) is 5.82 Å². The zero-order valence-corrected chi connectivity index (χ0v) is 9.03. The Hall–Kier alpha value is -0.540. The van der Waals surface area contributed by atoms with Crippen molar-refractivity contribution in [2.75, 3.05) is 6.26 Å². The van der Waals surface area contributed by atoms with Crippen LogP contribution < -0.4 is 5.32 Å². The topological polar surface area (TPSA) is 12.0 Å². The van der Waals surface area contributed by atoms with Crippen molar-refractivity contribution in [1.82, 2.24) is 5.32 Å². The molecule has 2 rings (SSSR count). The summed E-state index contributed by atoms with van der Waals surface area (Å²) in [5, 5.41) is 3.39. The summed E-state index contributed by atoms with van der Waals surface area (Å²) < 4.78 is 13.3. The Bertz CT molecular complexity index is 323. The van der Waals surface area contributed by atoms with Crippen molar-refractivity contribution in [2.45, 2.75) is 30.3 Å². The van der Waals surface area contributed by atoms with E-state index < -0.39 is 0 Å². The van der Waals surface area contributed by atoms with Gasteiger partial charge in [0.25, 0.3) is 0 Å². The zero-order chi connectivity index (χ0) is 9.97. The summed E-state index contributed by atoms with van der Waals surface area (Å²) >= 11 is 1.48. The van der Waals surface area contributed by atoms with Crippen molar-refractivity contribution in [2.24, 2.45) is 0 Å². The first-order chi connectivity index (χ1) is 6.81. The van der Waals surface area contributed by atoms with Crippen LogP contribution in [0.4, 0.5) is 4.39 Å². The summed E-state index contributed by atoms with van der Waals surface area (Å²) in [5.41, 5.74) is 1.07. The van der Waals surface area contributed by atoms with Crippen LogP contribution >= 0.6 is 11.8 Å². The number of hydrogen-bond donors (Lipinski definition) is 1. The third kappa shape index (κ3) is 2.28. The van der Waals surface area contributed by atoms with Crippen LogP contribution in [-0.4, -0.2) is 12.3 Å². The molecule has 1 fully saturated rings. The molecule has 1 aromatic rings. The maximum absolute atomic E-state index is 13.3. The average molecular weight is 211 g/mol. The number of nitrogens with one attached hydrogen (secondary N) is 1. The van der Waals surface area contributed by atoms with Crippen LogP contribution in [-0.2, 0) is 6.54 Å². The molecule has 1 nitrogen and oxygen atoms in total. The van der Waals surface area contributed by atoms with Gasteiger partial charge in [0.05, 0.1) is 0 Å². The van der Waals surface area contributed by atoms with Gasteiger partial charge in [-0.3, -0.25) is 0 Å². The van der Waals surface area contributed by atoms with Crippen LogP contribution in [0, 0.1) is 5.82 Å². The van der Waals surface area contributed by atoms with Gasteiger partial charge in [-0.1, -0.05) is 12.1 Å². The Morgan fingerprint density at radius 3 is 2.93 bits per heavy atom. The molecule has 0 aromatic heterocycles. The first kappa shape index (κ1) is 9.99. The molecule has 0 saturated heterocycles. The molecule has 3 heteroatoms. The van der Waals surface area contributed by atoms with Gasteiger partial charge in [0.2, 0.25) is 0 Å². The van der Waals surface area contributed by atoms with Crippen molar-refractivity contribution in [3.8, 4) is 0 Å². The van der Waals surface area contributed by atoms with Crippen LogP contribution in [0.15, 0.2) is 23.1 Å². The highest BCUT2D eigenvalue weighted by molar-refractivity contribution is 7.98. The fourth-order valence-corrected chi connectivity index (χ4v) is 2.13. The molecule has 14 heavy (non-hydrogen) atoms. The molecule has 1 N–H and O–H groups in total. The Labute approximate surface area is 88.1 Å². The van der Waals surface area contributed by atoms with E-state index in [0.29, 0.717) is 6.04 Å². The number of thioether (sulfide) groups is 1. The Balaban J connectivity index is 2.09. The smallest absolute Gasteiger partial charge is 0.137 e. The highest BCUT2D eigenvalue weighted by Gasteiger charge is 2.20. The number of benzene rings is 1. The van der Waals surface area contributed by atoms with Crippen molar-refractivity contribution in [3.05, 3.63) is 29.6 Å². The molecule has 0 unspecified atom stereocenters. The second kappa shape index (κ2) is 4.32. The van der Waals surface area contributed by atoms with E-state index in [9.17, 15) is 4.39 Å². The van der Waals surface area contributed by atoms with E-state index in [1.54, 1.807) is 6.07 Å². The van der Waals surface area contributed by atoms with Crippen molar-refractivity contribution < 1.29 is 4.39 Å². The molecule has 0 heterocycles. The van der Waals surface area contributed by atoms with E-state index in [4.69, 9.17) is 0 Å². The van der Waals surface area contributed by atoms with Gasteiger partial charge in [0, 0.05) is 17.5 Å². The maximum Gasteiger partial charge on any atom is 0.137 e. The predicted molar refractivity (Wildman–Crippen MR) is 58.0 cm³/mol. The van der Waals surface area contributed by atoms with Crippen molar-refractivity contribution in [1.29, 1.82) is 0 Å². The molecule has 76 valence electrons. The summed E-state index contributed by atoms with van der Waals surface area (Å²) in [4.78, 5) is 0.778. The Kier molecular flexibility index (Phi) is 3.08. The third-order valence-electron chi connectivity index (χ3n) is 2.41. The minimum absolute atomic E-state index is 0.104. The zero-order valence-electron chi connectivity index (χ0n) is 8.22. The molecular weight excluding hydrogens is 197 g/mol. The Morgan fingerprint density at radius 2 is 2.29 bits per heavy atom. The van der Waals surface area contributed by atoms with E-state index in [1.165, 1.54) is 30.7 Å². The lowest BCUT2D eigenvalue weighted by atomic mass is 10.2. The van der Waals surface area contributed by atoms with Crippen LogP contribution in [0.2, 0.25) is 0 Å². The lowest BCUT2D eigenvalue weighted by Gasteiger charge is -2.08. The summed E-state index contributed by atoms with van der Waals surface area (Å²) in [6.45, 7) is 0.790. The molecular formula is C11H14FNS. The molecule has 1 aliphatic rings. The molecule has 0 radical (unpaired) electrons. The summed E-state index contributed by atoms with van der Waals surface area (Å²) in [5.74, 6) is -0.104. The lowest BCUT2D eigenvalue weighted by Crippen LogP contribution is -2.16. The quantitative estimate of drug-likeness (QED) is 0.769. The van der Waals surface area contributed by atoms with E-state index in [0.717, 1.165) is 17.0 Å². The van der Waals surface area contributed by atoms with E-state index in [1.807, 2.05) is 12.3 Å². The highest BCUT2D eigenvalue weighted by Crippen LogP contribution is 2.25. The molecule has 0 spiro atoms. The molecule has 0 atom stereocenters. The second-order valence-electron chi connectivity index (χ2n) is 3.59. The van der Waals surface area contributed by atoms with E-state index >= 15 is 0 Å². The summed E-state index contributed by atoms with van der Waals surface area (Å²) in [7, 11) is 0. The number of halogens is 1. The first-order valence-electron chi connectivity index (χ1n) is 4.86. The molecule has 0 aliphatic heterocycles. The summed E-state index contributed by atoms with van der Waals surface area (Å²) in [6.07, 6.45) is 4.45. The van der Waals surface area contributed by atoms with Crippen LogP contribution in [0.5, 0.6) is 0 Å². The SMILES string of the molecule is CSc1c(F)cccc1CNC1CC1. The van der Waals surface area contributed by atoms with Crippen LogP contribution in [0.3, 0.4) is 0 Å². The Morgan fingerprint density at radius 1 is 1.50 bits per heavy atom. The fraction of sp³-hybridized carbons (Fsp3) is 0.455. The normalized spacial score (nSPS) is 15.9. The molecule has 0 bridgehead atoms. The number of hydrogen-bond acceptors (Lipinski definition) is 2. The molecule has 1 saturated carbocycles. The van der Waals surface area contributed by atoms with E-state index in [2.05, 4.69) is 5.32 Å². The van der Waals surface area contributed by atoms with Gasteiger partial charge in [-0.15, -0.1) is 11.8 Å². The predicted octanol–water partition coefficient (Wildman–Crippen LogP) is 2.80. The van der Waals surface area contributed by atoms with Crippen molar-refractivity contribution in [3.63, 3.8) is 0 Å². The van der Waals surface area contributed by atoms with Gasteiger partial charge in [-0.05, 0) is 30.7 Å². The molecule has 1 aromatic carbocycles. The monoisotopic (exact) mass is 211 g/mol. The highest BCUT2D eigenvalue weighted by atomic mass is 32.2. The third-order valence-corrected chi connectivity index (χ3v) is 3.28. The maximum atomic E-state index is 13.3. The van der Waals surface area contributed by atoms with Crippen LogP contribution in [0.25, 0.3) is 0 Å². The fourth-order valence-electron chi connectivity index (χ4n) is 1.46. The van der Waals surface area contributed by atoms with Gasteiger partial charge in [-0.2, -0.15) is 0 Å². The minimum Gasteiger partial charge on any atom is -0.310 e. The first-order valence-corrected chi connectivity index (χ1v) is 6.08. The van der Waals surface area contributed by atoms with Gasteiger partial charge in [0.15, 0.2) is 0 Å². The summed E-state index contributed by atoms with van der Waals surface area (Å²) in [6, 6.07) is 5.96. The average Bonchev–Trinajstić information content (AvgIpc) is 2.98. The van der Waals surface area contributed by atoms with Gasteiger partial charge in [0.1, 0.15) is 5.82 Å². The second-order valence-corrected chi connectivity index (χ2v) is 4.40. The van der Waals surface area contributed by atoms with Gasteiger partial charge >= 0.3 is 0 Å². The lowest BCUT2D eigenvalue weighted by molar-refractivity contribution is 0.589. The molecule has 0 amide bonds. The minimum atomic E-state index is -0.104. The number of rotatable bonds is 4. The largest absolute Gasteiger partial charge is 0.310 e. The molecule has 1 aliphatic carbocycles. The van der Waals surface area contributed by atoms with Gasteiger partial charge < -0.3 is 5.32 Å².